The fourth-order valence-corrected chi connectivity index (χ4v) is 3.51. The molecule has 24 heavy (non-hydrogen) atoms. The molecule has 1 aromatic rings. The highest BCUT2D eigenvalue weighted by Crippen LogP contribution is 2.33. The normalized spacial score (nSPS) is 17.8. The van der Waals surface area contributed by atoms with Gasteiger partial charge in [-0.25, -0.2) is 0 Å². The Hall–Kier alpha value is -2.30. The molecule has 0 fully saturated rings. The molecule has 0 saturated carbocycles. The van der Waals surface area contributed by atoms with E-state index in [-0.39, 0.29) is 11.7 Å². The number of rotatable bonds is 5. The first-order valence-electron chi connectivity index (χ1n) is 8.40. The minimum absolute atomic E-state index is 0.129. The number of hydrogen-bond donors (Lipinski definition) is 0. The predicted molar refractivity (Wildman–Crippen MR) is 90.1 cm³/mol. The summed E-state index contributed by atoms with van der Waals surface area (Å²) in [6, 6.07) is 5.80. The third kappa shape index (κ3) is 3.16. The molecule has 1 aliphatic carbocycles. The van der Waals surface area contributed by atoms with Gasteiger partial charge in [-0.3, -0.25) is 9.59 Å². The molecule has 5 heteroatoms. The summed E-state index contributed by atoms with van der Waals surface area (Å²) >= 11 is 0. The van der Waals surface area contributed by atoms with Gasteiger partial charge in [-0.1, -0.05) is 6.07 Å². The maximum absolute atomic E-state index is 12.3. The highest BCUT2D eigenvalue weighted by Gasteiger charge is 2.31. The van der Waals surface area contributed by atoms with Crippen LogP contribution in [0.2, 0.25) is 0 Å². The van der Waals surface area contributed by atoms with Crippen LogP contribution in [0.3, 0.4) is 0 Å². The van der Waals surface area contributed by atoms with E-state index in [0.29, 0.717) is 37.3 Å². The average Bonchev–Trinajstić information content (AvgIpc) is 2.60. The van der Waals surface area contributed by atoms with Crippen molar-refractivity contribution in [2.75, 3.05) is 20.8 Å². The second kappa shape index (κ2) is 7.07. The van der Waals surface area contributed by atoms with E-state index in [1.165, 1.54) is 0 Å². The van der Waals surface area contributed by atoms with Crippen molar-refractivity contribution in [3.05, 3.63) is 35.0 Å². The number of hydrogen-bond acceptors (Lipinski definition) is 4. The number of Topliss-reactive ketones (excluding diaryl/α,β-unsaturated/α-hetero) is 1. The maximum Gasteiger partial charge on any atom is 0.227 e. The molecule has 0 unspecified atom stereocenters. The summed E-state index contributed by atoms with van der Waals surface area (Å²) in [5.74, 6) is 1.73. The Kier molecular flexibility index (Phi) is 4.88. The molecule has 3 rings (SSSR count). The summed E-state index contributed by atoms with van der Waals surface area (Å²) in [5.41, 5.74) is 2.92. The lowest BCUT2D eigenvalue weighted by Gasteiger charge is -2.34. The van der Waals surface area contributed by atoms with Gasteiger partial charge in [0.25, 0.3) is 0 Å². The monoisotopic (exact) mass is 329 g/mol. The Labute approximate surface area is 142 Å². The van der Waals surface area contributed by atoms with Crippen LogP contribution in [0.25, 0.3) is 0 Å². The molecule has 1 aromatic carbocycles. The number of nitrogens with zero attached hydrogens (tertiary/aromatic N) is 1. The van der Waals surface area contributed by atoms with E-state index in [0.717, 1.165) is 36.1 Å². The zero-order chi connectivity index (χ0) is 17.1. The van der Waals surface area contributed by atoms with Crippen LogP contribution >= 0.6 is 0 Å². The molecule has 0 saturated heterocycles. The molecule has 1 amide bonds. The van der Waals surface area contributed by atoms with Gasteiger partial charge < -0.3 is 14.4 Å². The summed E-state index contributed by atoms with van der Waals surface area (Å²) in [5, 5.41) is 0. The number of ketones is 1. The first-order valence-corrected chi connectivity index (χ1v) is 8.40. The van der Waals surface area contributed by atoms with Crippen molar-refractivity contribution in [2.24, 2.45) is 0 Å². The highest BCUT2D eigenvalue weighted by molar-refractivity contribution is 5.99. The van der Waals surface area contributed by atoms with E-state index >= 15 is 0 Å². The summed E-state index contributed by atoms with van der Waals surface area (Å²) in [6.45, 7) is 0.598. The van der Waals surface area contributed by atoms with Crippen LogP contribution in [0.4, 0.5) is 0 Å². The second-order valence-corrected chi connectivity index (χ2v) is 6.19. The van der Waals surface area contributed by atoms with Crippen LogP contribution in [0.5, 0.6) is 11.5 Å². The van der Waals surface area contributed by atoms with Gasteiger partial charge in [0.1, 0.15) is 0 Å². The van der Waals surface area contributed by atoms with Crippen molar-refractivity contribution >= 4 is 11.7 Å². The van der Waals surface area contributed by atoms with Gasteiger partial charge in [0.2, 0.25) is 5.91 Å². The lowest BCUT2D eigenvalue weighted by molar-refractivity contribution is -0.130. The molecular weight excluding hydrogens is 306 g/mol. The third-order valence-electron chi connectivity index (χ3n) is 4.79. The van der Waals surface area contributed by atoms with Crippen LogP contribution in [-0.4, -0.2) is 37.4 Å². The van der Waals surface area contributed by atoms with Gasteiger partial charge in [0, 0.05) is 30.7 Å². The van der Waals surface area contributed by atoms with Gasteiger partial charge in [-0.15, -0.1) is 0 Å². The Morgan fingerprint density at radius 1 is 1.00 bits per heavy atom. The average molecular weight is 329 g/mol. The van der Waals surface area contributed by atoms with Gasteiger partial charge in [-0.05, 0) is 43.4 Å². The summed E-state index contributed by atoms with van der Waals surface area (Å²) < 4.78 is 10.6. The van der Waals surface area contributed by atoms with Crippen LogP contribution in [-0.2, 0) is 16.0 Å². The maximum atomic E-state index is 12.3. The second-order valence-electron chi connectivity index (χ2n) is 6.19. The molecule has 0 atom stereocenters. The molecule has 0 radical (unpaired) electrons. The summed E-state index contributed by atoms with van der Waals surface area (Å²) in [4.78, 5) is 26.2. The van der Waals surface area contributed by atoms with Crippen molar-refractivity contribution < 1.29 is 19.1 Å². The highest BCUT2D eigenvalue weighted by atomic mass is 16.5. The van der Waals surface area contributed by atoms with Gasteiger partial charge in [-0.2, -0.15) is 0 Å². The lowest BCUT2D eigenvalue weighted by Crippen LogP contribution is -2.38. The molecule has 0 aromatic heterocycles. The molecule has 0 N–H and O–H groups in total. The minimum atomic E-state index is 0.129. The quantitative estimate of drug-likeness (QED) is 0.833. The molecule has 0 bridgehead atoms. The van der Waals surface area contributed by atoms with Crippen molar-refractivity contribution in [1.82, 2.24) is 4.90 Å². The van der Waals surface area contributed by atoms with Crippen LogP contribution < -0.4 is 9.47 Å². The van der Waals surface area contributed by atoms with Gasteiger partial charge in [0.05, 0.1) is 14.2 Å². The topological polar surface area (TPSA) is 55.8 Å². The Morgan fingerprint density at radius 3 is 2.54 bits per heavy atom. The molecule has 128 valence electrons. The largest absolute Gasteiger partial charge is 0.493 e. The molecule has 5 nitrogen and oxygen atoms in total. The fraction of sp³-hybridized carbons (Fsp3) is 0.474. The summed E-state index contributed by atoms with van der Waals surface area (Å²) in [7, 11) is 3.22. The van der Waals surface area contributed by atoms with Crippen LogP contribution in [0.15, 0.2) is 29.5 Å². The van der Waals surface area contributed by atoms with E-state index in [2.05, 4.69) is 0 Å². The van der Waals surface area contributed by atoms with Crippen molar-refractivity contribution in [2.45, 2.75) is 38.5 Å². The van der Waals surface area contributed by atoms with Crippen LogP contribution in [0.1, 0.15) is 37.7 Å². The van der Waals surface area contributed by atoms with E-state index in [1.807, 2.05) is 23.1 Å². The summed E-state index contributed by atoms with van der Waals surface area (Å²) in [6.07, 6.45) is 4.07. The Balaban J connectivity index is 1.76. The standard InChI is InChI=1S/C19H23NO4/c1-23-17-8-6-13(12-18(17)24-2)10-11-20-15-4-3-5-16(21)14(15)7-9-19(20)22/h6,8,12H,3-5,7,9-11H2,1-2H3. The molecule has 2 aliphatic rings. The van der Waals surface area contributed by atoms with Crippen molar-refractivity contribution in [3.8, 4) is 11.5 Å². The first kappa shape index (κ1) is 16.6. The van der Waals surface area contributed by atoms with Crippen molar-refractivity contribution in [3.63, 3.8) is 0 Å². The number of carbonyl (C=O) groups excluding carboxylic acids is 2. The number of benzene rings is 1. The molecular formula is C19H23NO4. The molecule has 0 spiro atoms. The Bertz CT molecular complexity index is 693. The first-order chi connectivity index (χ1) is 11.6. The van der Waals surface area contributed by atoms with E-state index in [4.69, 9.17) is 9.47 Å². The van der Waals surface area contributed by atoms with Gasteiger partial charge in [0.15, 0.2) is 17.3 Å². The van der Waals surface area contributed by atoms with Crippen LogP contribution in [0, 0.1) is 0 Å². The van der Waals surface area contributed by atoms with E-state index in [9.17, 15) is 9.59 Å². The molecule has 1 aliphatic heterocycles. The number of carbonyl (C=O) groups is 2. The molecule has 1 heterocycles. The lowest BCUT2D eigenvalue weighted by atomic mass is 9.88. The fourth-order valence-electron chi connectivity index (χ4n) is 3.51. The van der Waals surface area contributed by atoms with E-state index < -0.39 is 0 Å². The number of amides is 1. The van der Waals surface area contributed by atoms with Crippen molar-refractivity contribution in [1.29, 1.82) is 0 Å². The third-order valence-corrected chi connectivity index (χ3v) is 4.79. The number of allylic oxidation sites excluding steroid dienone is 2. The van der Waals surface area contributed by atoms with Gasteiger partial charge >= 0.3 is 0 Å². The van der Waals surface area contributed by atoms with E-state index in [1.54, 1.807) is 14.2 Å². The zero-order valence-corrected chi connectivity index (χ0v) is 14.3. The predicted octanol–water partition coefficient (Wildman–Crippen LogP) is 2.88. The minimum Gasteiger partial charge on any atom is -0.493 e. The number of ether oxygens (including phenoxy) is 2. The Morgan fingerprint density at radius 2 is 1.79 bits per heavy atom. The SMILES string of the molecule is COc1ccc(CCN2C(=O)CCC3=C2CCCC3=O)cc1OC. The zero-order valence-electron chi connectivity index (χ0n) is 14.3. The number of methoxy groups -OCH3 is 2. The smallest absolute Gasteiger partial charge is 0.227 e.